The van der Waals surface area contributed by atoms with Crippen LogP contribution in [0.15, 0.2) is 33.4 Å². The van der Waals surface area contributed by atoms with Gasteiger partial charge in [0.15, 0.2) is 5.76 Å². The van der Waals surface area contributed by atoms with Gasteiger partial charge in [-0.1, -0.05) is 19.0 Å². The Morgan fingerprint density at radius 3 is 2.70 bits per heavy atom. The minimum absolute atomic E-state index is 0.152. The van der Waals surface area contributed by atoms with Crippen LogP contribution in [-0.4, -0.2) is 34.4 Å². The molecule has 110 valence electrons. The van der Waals surface area contributed by atoms with E-state index in [0.29, 0.717) is 30.7 Å². The Labute approximate surface area is 119 Å². The molecule has 0 aliphatic rings. The first-order valence-electron chi connectivity index (χ1n) is 7.12. The van der Waals surface area contributed by atoms with E-state index in [1.54, 1.807) is 6.26 Å². The van der Waals surface area contributed by atoms with Crippen LogP contribution < -0.4 is 0 Å². The van der Waals surface area contributed by atoms with Crippen LogP contribution >= 0.6 is 0 Å². The second kappa shape index (κ2) is 7.26. The molecule has 2 rings (SSSR count). The van der Waals surface area contributed by atoms with Crippen molar-refractivity contribution < 1.29 is 14.0 Å². The van der Waals surface area contributed by atoms with Crippen molar-refractivity contribution in [3.05, 3.63) is 30.2 Å². The highest BCUT2D eigenvalue weighted by molar-refractivity contribution is 5.49. The number of hydrogen-bond donors (Lipinski definition) is 1. The van der Waals surface area contributed by atoms with Crippen molar-refractivity contribution in [1.82, 2.24) is 10.1 Å². The van der Waals surface area contributed by atoms with Crippen LogP contribution in [0.25, 0.3) is 11.5 Å². The zero-order valence-electron chi connectivity index (χ0n) is 12.1. The summed E-state index contributed by atoms with van der Waals surface area (Å²) < 4.78 is 10.6. The summed E-state index contributed by atoms with van der Waals surface area (Å²) in [4.78, 5) is 2.24. The molecule has 0 spiro atoms. The highest BCUT2D eigenvalue weighted by Gasteiger charge is 2.17. The molecule has 5 heteroatoms. The van der Waals surface area contributed by atoms with Gasteiger partial charge in [-0.2, -0.15) is 0 Å². The van der Waals surface area contributed by atoms with Crippen LogP contribution in [0.1, 0.15) is 32.4 Å². The zero-order valence-corrected chi connectivity index (χ0v) is 12.1. The Bertz CT molecular complexity index is 489. The monoisotopic (exact) mass is 278 g/mol. The van der Waals surface area contributed by atoms with E-state index in [0.717, 1.165) is 18.5 Å². The third-order valence-corrected chi connectivity index (χ3v) is 3.53. The number of aromatic nitrogens is 1. The number of furan rings is 1. The highest BCUT2D eigenvalue weighted by atomic mass is 16.5. The van der Waals surface area contributed by atoms with E-state index in [4.69, 9.17) is 8.94 Å². The highest BCUT2D eigenvalue weighted by Crippen LogP contribution is 2.22. The fourth-order valence-electron chi connectivity index (χ4n) is 2.45. The first-order valence-corrected chi connectivity index (χ1v) is 7.12. The summed E-state index contributed by atoms with van der Waals surface area (Å²) in [6, 6.07) is 6.01. The maximum absolute atomic E-state index is 9.21. The molecule has 0 amide bonds. The number of hydrogen-bond acceptors (Lipinski definition) is 5. The summed E-state index contributed by atoms with van der Waals surface area (Å²) in [5.74, 6) is 1.32. The van der Waals surface area contributed by atoms with Gasteiger partial charge in [0.05, 0.1) is 18.6 Å². The van der Waals surface area contributed by atoms with Gasteiger partial charge < -0.3 is 14.0 Å². The molecule has 0 aromatic carbocycles. The molecular weight excluding hydrogens is 256 g/mol. The third-order valence-electron chi connectivity index (χ3n) is 3.53. The second-order valence-corrected chi connectivity index (χ2v) is 4.82. The molecule has 1 N–H and O–H groups in total. The minimum Gasteiger partial charge on any atom is -0.461 e. The molecule has 0 saturated heterocycles. The number of aliphatic hydroxyl groups is 1. The first kappa shape index (κ1) is 14.8. The summed E-state index contributed by atoms with van der Waals surface area (Å²) in [6.45, 7) is 5.80. The largest absolute Gasteiger partial charge is 0.461 e. The Hall–Kier alpha value is -1.59. The molecule has 0 aliphatic heterocycles. The Morgan fingerprint density at radius 2 is 2.10 bits per heavy atom. The molecule has 0 atom stereocenters. The molecule has 0 radical (unpaired) electrons. The molecule has 2 aromatic rings. The predicted octanol–water partition coefficient (Wildman–Crippen LogP) is 2.92. The van der Waals surface area contributed by atoms with Gasteiger partial charge in [-0.25, -0.2) is 0 Å². The van der Waals surface area contributed by atoms with Gasteiger partial charge in [-0.15, -0.1) is 0 Å². The molecule has 0 fully saturated rings. The first-order chi connectivity index (χ1) is 9.78. The Morgan fingerprint density at radius 1 is 1.30 bits per heavy atom. The van der Waals surface area contributed by atoms with Crippen molar-refractivity contribution in [2.45, 2.75) is 39.3 Å². The third kappa shape index (κ3) is 3.49. The molecule has 0 aliphatic carbocycles. The lowest BCUT2D eigenvalue weighted by Crippen LogP contribution is -2.36. The Balaban J connectivity index is 2.07. The van der Waals surface area contributed by atoms with Crippen LogP contribution in [0.4, 0.5) is 0 Å². The molecule has 0 bridgehead atoms. The van der Waals surface area contributed by atoms with E-state index in [2.05, 4.69) is 23.9 Å². The van der Waals surface area contributed by atoms with Gasteiger partial charge in [-0.05, 0) is 25.0 Å². The summed E-state index contributed by atoms with van der Waals surface area (Å²) in [7, 11) is 0. The average molecular weight is 278 g/mol. The van der Waals surface area contributed by atoms with E-state index in [1.807, 2.05) is 18.2 Å². The summed E-state index contributed by atoms with van der Waals surface area (Å²) >= 11 is 0. The molecule has 0 saturated carbocycles. The molecule has 2 heterocycles. The normalized spacial score (nSPS) is 11.7. The summed E-state index contributed by atoms with van der Waals surface area (Å²) in [6.07, 6.45) is 3.72. The molecular formula is C15H22N2O3. The summed E-state index contributed by atoms with van der Waals surface area (Å²) in [5, 5.41) is 13.3. The SMILES string of the molecule is CCC(CC)N(CCO)Cc1cc(-c2ccco2)on1. The van der Waals surface area contributed by atoms with Gasteiger partial charge >= 0.3 is 0 Å². The van der Waals surface area contributed by atoms with Crippen molar-refractivity contribution in [2.75, 3.05) is 13.2 Å². The smallest absolute Gasteiger partial charge is 0.202 e. The number of rotatable bonds is 8. The van der Waals surface area contributed by atoms with Gasteiger partial charge in [0.25, 0.3) is 0 Å². The second-order valence-electron chi connectivity index (χ2n) is 4.82. The van der Waals surface area contributed by atoms with Crippen LogP contribution in [0, 0.1) is 0 Å². The molecule has 2 aromatic heterocycles. The number of aliphatic hydroxyl groups excluding tert-OH is 1. The lowest BCUT2D eigenvalue weighted by Gasteiger charge is -2.28. The van der Waals surface area contributed by atoms with Crippen molar-refractivity contribution in [2.24, 2.45) is 0 Å². The van der Waals surface area contributed by atoms with E-state index in [-0.39, 0.29) is 6.61 Å². The average Bonchev–Trinajstić information content (AvgIpc) is 3.10. The van der Waals surface area contributed by atoms with Crippen molar-refractivity contribution in [3.63, 3.8) is 0 Å². The maximum atomic E-state index is 9.21. The van der Waals surface area contributed by atoms with Crippen LogP contribution in [0.5, 0.6) is 0 Å². The fraction of sp³-hybridized carbons (Fsp3) is 0.533. The number of nitrogens with zero attached hydrogens (tertiary/aromatic N) is 2. The van der Waals surface area contributed by atoms with E-state index < -0.39 is 0 Å². The van der Waals surface area contributed by atoms with E-state index in [9.17, 15) is 5.11 Å². The summed E-state index contributed by atoms with van der Waals surface area (Å²) in [5.41, 5.74) is 0.858. The van der Waals surface area contributed by atoms with Gasteiger partial charge in [-0.3, -0.25) is 4.90 Å². The lowest BCUT2D eigenvalue weighted by molar-refractivity contribution is 0.133. The van der Waals surface area contributed by atoms with Crippen LogP contribution in [-0.2, 0) is 6.54 Å². The molecule has 0 unspecified atom stereocenters. The van der Waals surface area contributed by atoms with Crippen molar-refractivity contribution in [3.8, 4) is 11.5 Å². The van der Waals surface area contributed by atoms with E-state index >= 15 is 0 Å². The quantitative estimate of drug-likeness (QED) is 0.804. The zero-order chi connectivity index (χ0) is 14.4. The van der Waals surface area contributed by atoms with E-state index in [1.165, 1.54) is 0 Å². The molecule has 20 heavy (non-hydrogen) atoms. The van der Waals surface area contributed by atoms with Crippen LogP contribution in [0.2, 0.25) is 0 Å². The topological polar surface area (TPSA) is 62.6 Å². The van der Waals surface area contributed by atoms with Gasteiger partial charge in [0.2, 0.25) is 5.76 Å². The fourth-order valence-corrected chi connectivity index (χ4v) is 2.45. The van der Waals surface area contributed by atoms with Crippen molar-refractivity contribution >= 4 is 0 Å². The van der Waals surface area contributed by atoms with Gasteiger partial charge in [0, 0.05) is 25.2 Å². The van der Waals surface area contributed by atoms with Crippen molar-refractivity contribution in [1.29, 1.82) is 0 Å². The maximum Gasteiger partial charge on any atom is 0.202 e. The molecule has 5 nitrogen and oxygen atoms in total. The Kier molecular flexibility index (Phi) is 5.38. The standard InChI is InChI=1S/C15H22N2O3/c1-3-13(4-2)17(7-8-18)11-12-10-15(20-16-12)14-6-5-9-19-14/h5-6,9-10,13,18H,3-4,7-8,11H2,1-2H3. The lowest BCUT2D eigenvalue weighted by atomic mass is 10.1. The van der Waals surface area contributed by atoms with Gasteiger partial charge in [0.1, 0.15) is 0 Å². The predicted molar refractivity (Wildman–Crippen MR) is 76.1 cm³/mol. The minimum atomic E-state index is 0.152. The van der Waals surface area contributed by atoms with Crippen LogP contribution in [0.3, 0.4) is 0 Å².